The van der Waals surface area contributed by atoms with Crippen LogP contribution in [0.15, 0.2) is 30.5 Å². The van der Waals surface area contributed by atoms with Crippen molar-refractivity contribution >= 4 is 11.9 Å². The summed E-state index contributed by atoms with van der Waals surface area (Å²) >= 11 is 0. The molecular weight excluding hydrogens is 346 g/mol. The number of aryl methyl sites for hydroxylation is 1. The fraction of sp³-hybridized carbons (Fsp3) is 0.450. The Bertz CT molecular complexity index is 830. The molecule has 3 rings (SSSR count). The van der Waals surface area contributed by atoms with Crippen molar-refractivity contribution in [1.29, 1.82) is 0 Å². The van der Waals surface area contributed by atoms with Gasteiger partial charge in [-0.3, -0.25) is 9.59 Å². The summed E-state index contributed by atoms with van der Waals surface area (Å²) in [5.41, 5.74) is 2.25. The highest BCUT2D eigenvalue weighted by Crippen LogP contribution is 2.25. The van der Waals surface area contributed by atoms with E-state index in [1.165, 1.54) is 0 Å². The predicted molar refractivity (Wildman–Crippen MR) is 100 cm³/mol. The minimum atomic E-state index is -0.788. The molecule has 144 valence electrons. The van der Waals surface area contributed by atoms with E-state index in [9.17, 15) is 9.59 Å². The highest BCUT2D eigenvalue weighted by atomic mass is 16.5. The quantitative estimate of drug-likeness (QED) is 0.844. The number of piperidine rings is 1. The summed E-state index contributed by atoms with van der Waals surface area (Å²) in [6.07, 6.45) is 4.37. The number of aromatic nitrogens is 2. The van der Waals surface area contributed by atoms with E-state index in [1.54, 1.807) is 29.0 Å². The molecule has 1 amide bonds. The number of likely N-dealkylation sites (tertiary alicyclic amines) is 1. The molecule has 2 heterocycles. The molecule has 1 saturated heterocycles. The third-order valence-corrected chi connectivity index (χ3v) is 4.96. The molecule has 1 N–H and O–H groups in total. The van der Waals surface area contributed by atoms with Gasteiger partial charge in [0.05, 0.1) is 7.11 Å². The summed E-state index contributed by atoms with van der Waals surface area (Å²) in [7, 11) is 1.61. The number of rotatable bonds is 6. The van der Waals surface area contributed by atoms with Gasteiger partial charge in [0.1, 0.15) is 11.4 Å². The van der Waals surface area contributed by atoms with E-state index in [-0.39, 0.29) is 18.2 Å². The van der Waals surface area contributed by atoms with Gasteiger partial charge in [0.15, 0.2) is 5.69 Å². The number of carboxylic acid groups (broad SMARTS) is 1. The Morgan fingerprint density at radius 3 is 2.89 bits per heavy atom. The molecule has 0 saturated carbocycles. The lowest BCUT2D eigenvalue weighted by Gasteiger charge is -2.32. The highest BCUT2D eigenvalue weighted by molar-refractivity contribution is 5.92. The number of nitrogens with zero attached hydrogens (tertiary/aromatic N) is 3. The maximum atomic E-state index is 12.9. The van der Waals surface area contributed by atoms with Gasteiger partial charge in [-0.1, -0.05) is 6.07 Å². The smallest absolute Gasteiger partial charge is 0.303 e. The SMILES string of the molecule is COc1ccc(C)cc1-n1ccc(C(=O)N2CCCC(CCC(=O)O)C2)n1. The van der Waals surface area contributed by atoms with Crippen molar-refractivity contribution in [3.8, 4) is 11.4 Å². The molecule has 1 atom stereocenters. The van der Waals surface area contributed by atoms with Crippen LogP contribution in [0, 0.1) is 12.8 Å². The van der Waals surface area contributed by atoms with Gasteiger partial charge in [-0.25, -0.2) is 4.68 Å². The van der Waals surface area contributed by atoms with Crippen molar-refractivity contribution in [3.05, 3.63) is 41.7 Å². The van der Waals surface area contributed by atoms with Gasteiger partial charge in [-0.05, 0) is 55.9 Å². The lowest BCUT2D eigenvalue weighted by atomic mass is 9.93. The Balaban J connectivity index is 1.73. The molecule has 1 unspecified atom stereocenters. The molecule has 0 aliphatic carbocycles. The van der Waals surface area contributed by atoms with Crippen LogP contribution < -0.4 is 4.74 Å². The lowest BCUT2D eigenvalue weighted by Crippen LogP contribution is -2.40. The van der Waals surface area contributed by atoms with Crippen LogP contribution in [0.4, 0.5) is 0 Å². The van der Waals surface area contributed by atoms with E-state index in [1.807, 2.05) is 25.1 Å². The van der Waals surface area contributed by atoms with Gasteiger partial charge in [0, 0.05) is 25.7 Å². The molecule has 1 fully saturated rings. The molecule has 1 aromatic heterocycles. The molecule has 1 aliphatic heterocycles. The van der Waals surface area contributed by atoms with Gasteiger partial charge >= 0.3 is 5.97 Å². The van der Waals surface area contributed by atoms with Crippen molar-refractivity contribution in [2.75, 3.05) is 20.2 Å². The zero-order chi connectivity index (χ0) is 19.4. The van der Waals surface area contributed by atoms with Gasteiger partial charge in [0.25, 0.3) is 5.91 Å². The Morgan fingerprint density at radius 2 is 2.15 bits per heavy atom. The van der Waals surface area contributed by atoms with Gasteiger partial charge in [0.2, 0.25) is 0 Å². The van der Waals surface area contributed by atoms with Crippen molar-refractivity contribution in [2.45, 2.75) is 32.6 Å². The van der Waals surface area contributed by atoms with E-state index >= 15 is 0 Å². The second-order valence-electron chi connectivity index (χ2n) is 7.01. The monoisotopic (exact) mass is 371 g/mol. The topological polar surface area (TPSA) is 84.7 Å². The van der Waals surface area contributed by atoms with Crippen molar-refractivity contribution in [1.82, 2.24) is 14.7 Å². The average Bonchev–Trinajstić information content (AvgIpc) is 3.16. The number of methoxy groups -OCH3 is 1. The Morgan fingerprint density at radius 1 is 1.33 bits per heavy atom. The van der Waals surface area contributed by atoms with E-state index < -0.39 is 5.97 Å². The predicted octanol–water partition coefficient (Wildman–Crippen LogP) is 2.91. The number of aliphatic carboxylic acids is 1. The van der Waals surface area contributed by atoms with Crippen LogP contribution in [0.1, 0.15) is 41.7 Å². The molecule has 0 radical (unpaired) electrons. The zero-order valence-electron chi connectivity index (χ0n) is 15.7. The molecule has 2 aromatic rings. The Kier molecular flexibility index (Phi) is 5.78. The number of hydrogen-bond donors (Lipinski definition) is 1. The first-order chi connectivity index (χ1) is 13.0. The molecular formula is C20H25N3O4. The number of carbonyl (C=O) groups is 2. The number of amides is 1. The molecule has 7 heteroatoms. The number of carbonyl (C=O) groups excluding carboxylic acids is 1. The van der Waals surface area contributed by atoms with E-state index in [0.717, 1.165) is 24.1 Å². The number of benzene rings is 1. The van der Waals surface area contributed by atoms with E-state index in [2.05, 4.69) is 5.10 Å². The summed E-state index contributed by atoms with van der Waals surface area (Å²) in [6, 6.07) is 7.52. The van der Waals surface area contributed by atoms with Gasteiger partial charge in [-0.15, -0.1) is 0 Å². The summed E-state index contributed by atoms with van der Waals surface area (Å²) in [5, 5.41) is 13.3. The second kappa shape index (κ2) is 8.24. The third kappa shape index (κ3) is 4.48. The fourth-order valence-corrected chi connectivity index (χ4v) is 3.53. The van der Waals surface area contributed by atoms with Gasteiger partial charge in [-0.2, -0.15) is 5.10 Å². The number of carboxylic acids is 1. The molecule has 27 heavy (non-hydrogen) atoms. The largest absolute Gasteiger partial charge is 0.494 e. The van der Waals surface area contributed by atoms with Crippen LogP contribution in [0.2, 0.25) is 0 Å². The summed E-state index contributed by atoms with van der Waals surface area (Å²) < 4.78 is 7.05. The van der Waals surface area contributed by atoms with E-state index in [0.29, 0.717) is 31.0 Å². The summed E-state index contributed by atoms with van der Waals surface area (Å²) in [6.45, 7) is 3.26. The van der Waals surface area contributed by atoms with Crippen molar-refractivity contribution < 1.29 is 19.4 Å². The molecule has 0 spiro atoms. The fourth-order valence-electron chi connectivity index (χ4n) is 3.53. The first-order valence-corrected chi connectivity index (χ1v) is 9.19. The lowest BCUT2D eigenvalue weighted by molar-refractivity contribution is -0.137. The first kappa shape index (κ1) is 18.9. The average molecular weight is 371 g/mol. The van der Waals surface area contributed by atoms with Gasteiger partial charge < -0.3 is 14.7 Å². The van der Waals surface area contributed by atoms with Crippen LogP contribution in [0.5, 0.6) is 5.75 Å². The minimum absolute atomic E-state index is 0.111. The Hall–Kier alpha value is -2.83. The second-order valence-corrected chi connectivity index (χ2v) is 7.01. The van der Waals surface area contributed by atoms with Crippen LogP contribution in [-0.2, 0) is 4.79 Å². The number of ether oxygens (including phenoxy) is 1. The molecule has 1 aromatic carbocycles. The Labute approximate surface area is 158 Å². The van der Waals surface area contributed by atoms with Crippen molar-refractivity contribution in [3.63, 3.8) is 0 Å². The summed E-state index contributed by atoms with van der Waals surface area (Å²) in [5.74, 6) is 0.0249. The van der Waals surface area contributed by atoms with E-state index in [4.69, 9.17) is 9.84 Å². The highest BCUT2D eigenvalue weighted by Gasteiger charge is 2.26. The standard InChI is InChI=1S/C20H25N3O4/c1-14-5-7-18(27-2)17(12-14)23-11-9-16(21-23)20(26)22-10-3-4-15(13-22)6-8-19(24)25/h5,7,9,11-12,15H,3-4,6,8,10,13H2,1-2H3,(H,24,25). The minimum Gasteiger partial charge on any atom is -0.494 e. The molecule has 7 nitrogen and oxygen atoms in total. The van der Waals surface area contributed by atoms with Crippen LogP contribution in [-0.4, -0.2) is 51.9 Å². The van der Waals surface area contributed by atoms with Crippen LogP contribution in [0.3, 0.4) is 0 Å². The van der Waals surface area contributed by atoms with Crippen molar-refractivity contribution in [2.24, 2.45) is 5.92 Å². The zero-order valence-corrected chi connectivity index (χ0v) is 15.7. The normalized spacial score (nSPS) is 17.0. The molecule has 0 bridgehead atoms. The third-order valence-electron chi connectivity index (χ3n) is 4.96. The van der Waals surface area contributed by atoms with Crippen LogP contribution >= 0.6 is 0 Å². The number of hydrogen-bond acceptors (Lipinski definition) is 4. The van der Waals surface area contributed by atoms with Crippen LogP contribution in [0.25, 0.3) is 5.69 Å². The maximum absolute atomic E-state index is 12.9. The maximum Gasteiger partial charge on any atom is 0.303 e. The molecule has 1 aliphatic rings. The first-order valence-electron chi connectivity index (χ1n) is 9.19. The summed E-state index contributed by atoms with van der Waals surface area (Å²) in [4.78, 5) is 25.4.